The quantitative estimate of drug-likeness (QED) is 0.905. The van der Waals surface area contributed by atoms with Gasteiger partial charge in [0.1, 0.15) is 5.76 Å². The molecule has 0 radical (unpaired) electrons. The van der Waals surface area contributed by atoms with Gasteiger partial charge in [-0.2, -0.15) is 0 Å². The minimum atomic E-state index is -0.711. The van der Waals surface area contributed by atoms with Gasteiger partial charge in [0.15, 0.2) is 6.39 Å². The van der Waals surface area contributed by atoms with E-state index in [9.17, 15) is 9.90 Å². The zero-order valence-corrected chi connectivity index (χ0v) is 11.8. The molecule has 2 rings (SSSR count). The van der Waals surface area contributed by atoms with Gasteiger partial charge in [-0.1, -0.05) is 0 Å². The molecule has 1 aromatic rings. The van der Waals surface area contributed by atoms with Crippen LogP contribution in [0.4, 0.5) is 0 Å². The van der Waals surface area contributed by atoms with E-state index >= 15 is 0 Å². The zero-order valence-electron chi connectivity index (χ0n) is 11.8. The molecule has 1 fully saturated rings. The number of rotatable bonds is 4. The summed E-state index contributed by atoms with van der Waals surface area (Å²) in [5.74, 6) is 0.322. The molecule has 0 spiro atoms. The highest BCUT2D eigenvalue weighted by Gasteiger charge is 2.39. The van der Waals surface area contributed by atoms with Crippen molar-refractivity contribution in [2.24, 2.45) is 11.3 Å². The first-order valence-electron chi connectivity index (χ1n) is 6.76. The minimum absolute atomic E-state index is 0.186. The normalized spacial score (nSPS) is 21.5. The molecule has 1 aliphatic rings. The predicted molar refractivity (Wildman–Crippen MR) is 70.7 cm³/mol. The van der Waals surface area contributed by atoms with E-state index in [1.165, 1.54) is 6.39 Å². The summed E-state index contributed by atoms with van der Waals surface area (Å²) < 4.78 is 5.21. The van der Waals surface area contributed by atoms with E-state index in [0.29, 0.717) is 0 Å². The number of carboxylic acid groups (broad SMARTS) is 1. The molecule has 0 amide bonds. The number of oxazole rings is 1. The predicted octanol–water partition coefficient (Wildman–Crippen LogP) is 2.31. The fraction of sp³-hybridized carbons (Fsp3) is 0.714. The second-order valence-electron chi connectivity index (χ2n) is 5.96. The lowest BCUT2D eigenvalue weighted by Crippen LogP contribution is -2.44. The van der Waals surface area contributed by atoms with Crippen LogP contribution in [0, 0.1) is 18.3 Å². The molecule has 106 valence electrons. The Morgan fingerprint density at radius 3 is 2.95 bits per heavy atom. The van der Waals surface area contributed by atoms with Crippen molar-refractivity contribution in [3.8, 4) is 0 Å². The van der Waals surface area contributed by atoms with Crippen molar-refractivity contribution in [3.63, 3.8) is 0 Å². The minimum Gasteiger partial charge on any atom is -0.481 e. The first kappa shape index (κ1) is 14.1. The Hall–Kier alpha value is -1.36. The Morgan fingerprint density at radius 1 is 1.63 bits per heavy atom. The van der Waals surface area contributed by atoms with Crippen LogP contribution in [0.2, 0.25) is 0 Å². The maximum atomic E-state index is 11.4. The number of nitrogens with zero attached hydrogens (tertiary/aromatic N) is 2. The lowest BCUT2D eigenvalue weighted by atomic mass is 9.74. The van der Waals surface area contributed by atoms with Crippen LogP contribution < -0.4 is 0 Å². The monoisotopic (exact) mass is 266 g/mol. The molecule has 1 aromatic heterocycles. The average Bonchev–Trinajstić information content (AvgIpc) is 2.75. The first-order valence-corrected chi connectivity index (χ1v) is 6.76. The number of aliphatic carboxylic acids is 1. The highest BCUT2D eigenvalue weighted by Crippen LogP contribution is 2.34. The van der Waals surface area contributed by atoms with Gasteiger partial charge in [-0.15, -0.1) is 0 Å². The molecule has 0 aromatic carbocycles. The average molecular weight is 266 g/mol. The Morgan fingerprint density at radius 2 is 2.37 bits per heavy atom. The van der Waals surface area contributed by atoms with Crippen molar-refractivity contribution < 1.29 is 14.3 Å². The maximum absolute atomic E-state index is 11.4. The van der Waals surface area contributed by atoms with Crippen LogP contribution in [-0.4, -0.2) is 34.0 Å². The van der Waals surface area contributed by atoms with Gasteiger partial charge in [0.25, 0.3) is 0 Å². The van der Waals surface area contributed by atoms with Crippen LogP contribution in [0.15, 0.2) is 10.8 Å². The van der Waals surface area contributed by atoms with E-state index in [1.807, 2.05) is 20.8 Å². The molecule has 1 saturated heterocycles. The highest BCUT2D eigenvalue weighted by atomic mass is 16.4. The third-order valence-corrected chi connectivity index (χ3v) is 4.30. The summed E-state index contributed by atoms with van der Waals surface area (Å²) in [6.45, 7) is 8.11. The Labute approximate surface area is 113 Å². The molecular weight excluding hydrogens is 244 g/mol. The summed E-state index contributed by atoms with van der Waals surface area (Å²) in [5, 5.41) is 9.33. The summed E-state index contributed by atoms with van der Waals surface area (Å²) in [6.07, 6.45) is 3.49. The van der Waals surface area contributed by atoms with Crippen LogP contribution in [0.3, 0.4) is 0 Å². The molecule has 1 N–H and O–H groups in total. The summed E-state index contributed by atoms with van der Waals surface area (Å²) in [4.78, 5) is 17.8. The molecule has 19 heavy (non-hydrogen) atoms. The molecular formula is C14H22N2O3. The SMILES string of the molecule is Cc1ocnc1CN1CCCC(C(C)(C)C(=O)O)C1. The van der Waals surface area contributed by atoms with Crippen LogP contribution >= 0.6 is 0 Å². The van der Waals surface area contributed by atoms with E-state index in [1.54, 1.807) is 0 Å². The van der Waals surface area contributed by atoms with Crippen LogP contribution in [0.1, 0.15) is 38.1 Å². The number of aryl methyl sites for hydroxylation is 1. The summed E-state index contributed by atoms with van der Waals surface area (Å²) >= 11 is 0. The van der Waals surface area contributed by atoms with Crippen molar-refractivity contribution in [2.75, 3.05) is 13.1 Å². The number of carbonyl (C=O) groups is 1. The number of hydrogen-bond acceptors (Lipinski definition) is 4. The van der Waals surface area contributed by atoms with Gasteiger partial charge in [-0.05, 0) is 46.1 Å². The van der Waals surface area contributed by atoms with E-state index in [2.05, 4.69) is 9.88 Å². The fourth-order valence-corrected chi connectivity index (χ4v) is 2.65. The molecule has 1 aliphatic heterocycles. The lowest BCUT2D eigenvalue weighted by Gasteiger charge is -2.39. The van der Waals surface area contributed by atoms with Gasteiger partial charge in [0, 0.05) is 13.1 Å². The van der Waals surface area contributed by atoms with E-state index in [-0.39, 0.29) is 5.92 Å². The zero-order chi connectivity index (χ0) is 14.0. The first-order chi connectivity index (χ1) is 8.91. The second-order valence-corrected chi connectivity index (χ2v) is 5.96. The summed E-state index contributed by atoms with van der Waals surface area (Å²) in [6, 6.07) is 0. The topological polar surface area (TPSA) is 66.6 Å². The number of aromatic nitrogens is 1. The summed E-state index contributed by atoms with van der Waals surface area (Å²) in [5.41, 5.74) is 0.283. The van der Waals surface area contributed by atoms with Crippen LogP contribution in [-0.2, 0) is 11.3 Å². The Balaban J connectivity index is 2.02. The van der Waals surface area contributed by atoms with Gasteiger partial charge in [-0.3, -0.25) is 9.69 Å². The van der Waals surface area contributed by atoms with E-state index in [0.717, 1.165) is 43.9 Å². The molecule has 5 nitrogen and oxygen atoms in total. The highest BCUT2D eigenvalue weighted by molar-refractivity contribution is 5.74. The number of piperidine rings is 1. The van der Waals surface area contributed by atoms with Crippen molar-refractivity contribution >= 4 is 5.97 Å². The number of hydrogen-bond donors (Lipinski definition) is 1. The van der Waals surface area contributed by atoms with Gasteiger partial charge in [-0.25, -0.2) is 4.98 Å². The van der Waals surface area contributed by atoms with Gasteiger partial charge in [0.05, 0.1) is 11.1 Å². The Bertz CT molecular complexity index is 453. The standard InChI is InChI=1S/C14H22N2O3/c1-10-12(15-9-19-10)8-16-6-4-5-11(7-16)14(2,3)13(17)18/h9,11H,4-8H2,1-3H3,(H,17,18). The van der Waals surface area contributed by atoms with E-state index < -0.39 is 11.4 Å². The largest absolute Gasteiger partial charge is 0.481 e. The van der Waals surface area contributed by atoms with Crippen molar-refractivity contribution in [1.29, 1.82) is 0 Å². The maximum Gasteiger partial charge on any atom is 0.309 e. The smallest absolute Gasteiger partial charge is 0.309 e. The molecule has 0 aliphatic carbocycles. The molecule has 1 atom stereocenters. The fourth-order valence-electron chi connectivity index (χ4n) is 2.65. The lowest BCUT2D eigenvalue weighted by molar-refractivity contribution is -0.151. The molecule has 0 saturated carbocycles. The van der Waals surface area contributed by atoms with Crippen molar-refractivity contribution in [2.45, 2.75) is 40.2 Å². The summed E-state index contributed by atoms with van der Waals surface area (Å²) in [7, 11) is 0. The third kappa shape index (κ3) is 2.97. The second kappa shape index (κ2) is 5.33. The van der Waals surface area contributed by atoms with Crippen LogP contribution in [0.5, 0.6) is 0 Å². The Kier molecular flexibility index (Phi) is 3.94. The number of carboxylic acids is 1. The molecule has 2 heterocycles. The van der Waals surface area contributed by atoms with E-state index in [4.69, 9.17) is 4.42 Å². The number of likely N-dealkylation sites (tertiary alicyclic amines) is 1. The van der Waals surface area contributed by atoms with Crippen molar-refractivity contribution in [1.82, 2.24) is 9.88 Å². The van der Waals surface area contributed by atoms with Crippen LogP contribution in [0.25, 0.3) is 0 Å². The van der Waals surface area contributed by atoms with Gasteiger partial charge in [0.2, 0.25) is 0 Å². The molecule has 0 bridgehead atoms. The van der Waals surface area contributed by atoms with Gasteiger partial charge < -0.3 is 9.52 Å². The molecule has 1 unspecified atom stereocenters. The third-order valence-electron chi connectivity index (χ3n) is 4.30. The van der Waals surface area contributed by atoms with Gasteiger partial charge >= 0.3 is 5.97 Å². The van der Waals surface area contributed by atoms with Crippen molar-refractivity contribution in [3.05, 3.63) is 17.8 Å². The molecule has 5 heteroatoms.